The third-order valence-electron chi connectivity index (χ3n) is 5.23. The van der Waals surface area contributed by atoms with Gasteiger partial charge in [0.1, 0.15) is 0 Å². The maximum absolute atomic E-state index is 2.55. The van der Waals surface area contributed by atoms with Crippen LogP contribution in [-0.2, 0) is 0 Å². The molecule has 0 unspecified atom stereocenters. The van der Waals surface area contributed by atoms with Crippen LogP contribution in [0.2, 0.25) is 0 Å². The Hall–Kier alpha value is -1.24. The molecule has 0 bridgehead atoms. The summed E-state index contributed by atoms with van der Waals surface area (Å²) in [5.74, 6) is 1.71. The number of unbranched alkanes of at least 4 members (excludes halogenated alkanes) is 6. The van der Waals surface area contributed by atoms with Gasteiger partial charge in [0, 0.05) is 13.1 Å². The molecule has 0 N–H and O–H groups in total. The van der Waals surface area contributed by atoms with Crippen LogP contribution >= 0.6 is 0 Å². The minimum atomic E-state index is 0.853. The lowest BCUT2D eigenvalue weighted by molar-refractivity contribution is 0.349. The fraction of sp³-hybridized carbons (Fsp3) is 0.692. The zero-order chi connectivity index (χ0) is 19.7. The van der Waals surface area contributed by atoms with Crippen LogP contribution in [0.25, 0.3) is 6.08 Å². The van der Waals surface area contributed by atoms with E-state index in [0.717, 1.165) is 11.8 Å². The van der Waals surface area contributed by atoms with Crippen LogP contribution in [-0.4, -0.2) is 18.0 Å². The van der Waals surface area contributed by atoms with Crippen molar-refractivity contribution >= 4 is 6.08 Å². The minimum absolute atomic E-state index is 0.853. The maximum atomic E-state index is 2.55. The molecule has 154 valence electrons. The Bertz CT molecular complexity index is 440. The molecule has 0 amide bonds. The van der Waals surface area contributed by atoms with Crippen LogP contribution in [0.1, 0.15) is 97.5 Å². The summed E-state index contributed by atoms with van der Waals surface area (Å²) in [5, 5.41) is 0. The van der Waals surface area contributed by atoms with E-state index in [4.69, 9.17) is 0 Å². The van der Waals surface area contributed by atoms with Gasteiger partial charge in [0.15, 0.2) is 0 Å². The van der Waals surface area contributed by atoms with Crippen molar-refractivity contribution < 1.29 is 0 Å². The lowest BCUT2D eigenvalue weighted by Crippen LogP contribution is -2.20. The summed E-state index contributed by atoms with van der Waals surface area (Å²) in [6.45, 7) is 11.7. The molecule has 1 rings (SSSR count). The zero-order valence-corrected chi connectivity index (χ0v) is 18.6. The van der Waals surface area contributed by atoms with Crippen LogP contribution in [0.4, 0.5) is 0 Å². The average molecular weight is 372 g/mol. The van der Waals surface area contributed by atoms with E-state index in [1.54, 1.807) is 0 Å². The Labute approximate surface area is 170 Å². The molecule has 0 fully saturated rings. The van der Waals surface area contributed by atoms with Gasteiger partial charge >= 0.3 is 0 Å². The van der Waals surface area contributed by atoms with Crippen molar-refractivity contribution in [2.24, 2.45) is 11.8 Å². The zero-order valence-electron chi connectivity index (χ0n) is 18.6. The quantitative estimate of drug-likeness (QED) is 0.265. The molecule has 0 saturated heterocycles. The van der Waals surface area contributed by atoms with E-state index < -0.39 is 0 Å². The fourth-order valence-electron chi connectivity index (χ4n) is 3.46. The summed E-state index contributed by atoms with van der Waals surface area (Å²) in [5.41, 5.74) is 1.30. The van der Waals surface area contributed by atoms with Crippen LogP contribution in [0, 0.1) is 11.8 Å². The van der Waals surface area contributed by atoms with Gasteiger partial charge in [-0.05, 0) is 42.5 Å². The lowest BCUT2D eigenvalue weighted by atomic mass is 10.0. The molecule has 0 heterocycles. The lowest BCUT2D eigenvalue weighted by Gasteiger charge is -2.20. The first-order valence-corrected chi connectivity index (χ1v) is 11.5. The second-order valence-electron chi connectivity index (χ2n) is 8.96. The molecule has 27 heavy (non-hydrogen) atoms. The van der Waals surface area contributed by atoms with Gasteiger partial charge in [0.05, 0.1) is 0 Å². The second kappa shape index (κ2) is 15.8. The van der Waals surface area contributed by atoms with E-state index >= 15 is 0 Å². The minimum Gasteiger partial charge on any atom is -0.377 e. The topological polar surface area (TPSA) is 3.24 Å². The molecule has 1 aromatic carbocycles. The van der Waals surface area contributed by atoms with Gasteiger partial charge in [-0.25, -0.2) is 0 Å². The number of nitrogens with zero attached hydrogens (tertiary/aromatic N) is 1. The Kier molecular flexibility index (Phi) is 13.9. The van der Waals surface area contributed by atoms with E-state index in [2.05, 4.69) is 75.2 Å². The molecule has 1 nitrogen and oxygen atoms in total. The molecule has 0 aliphatic heterocycles. The van der Waals surface area contributed by atoms with Crippen LogP contribution in [0.3, 0.4) is 0 Å². The van der Waals surface area contributed by atoms with E-state index in [1.165, 1.54) is 82.9 Å². The van der Waals surface area contributed by atoms with Gasteiger partial charge in [-0.2, -0.15) is 0 Å². The van der Waals surface area contributed by atoms with Gasteiger partial charge in [-0.15, -0.1) is 0 Å². The predicted octanol–water partition coefficient (Wildman–Crippen LogP) is 8.17. The van der Waals surface area contributed by atoms with Crippen molar-refractivity contribution in [1.29, 1.82) is 0 Å². The molecule has 1 heteroatoms. The molecule has 0 aliphatic carbocycles. The number of hydrogen-bond donors (Lipinski definition) is 0. The molecular weight excluding hydrogens is 326 g/mol. The Morgan fingerprint density at radius 3 is 1.63 bits per heavy atom. The highest BCUT2D eigenvalue weighted by Crippen LogP contribution is 2.13. The predicted molar refractivity (Wildman–Crippen MR) is 123 cm³/mol. The second-order valence-corrected chi connectivity index (χ2v) is 8.96. The average Bonchev–Trinajstić information content (AvgIpc) is 2.64. The van der Waals surface area contributed by atoms with Gasteiger partial charge in [0.25, 0.3) is 0 Å². The molecule has 0 aliphatic rings. The Morgan fingerprint density at radius 2 is 1.15 bits per heavy atom. The first-order chi connectivity index (χ1) is 13.1. The Balaban J connectivity index is 2.31. The summed E-state index contributed by atoms with van der Waals surface area (Å²) >= 11 is 0. The van der Waals surface area contributed by atoms with E-state index in [9.17, 15) is 0 Å². The molecule has 0 radical (unpaired) electrons. The van der Waals surface area contributed by atoms with Crippen LogP contribution < -0.4 is 0 Å². The first-order valence-electron chi connectivity index (χ1n) is 11.5. The monoisotopic (exact) mass is 371 g/mol. The van der Waals surface area contributed by atoms with Gasteiger partial charge < -0.3 is 4.90 Å². The van der Waals surface area contributed by atoms with Gasteiger partial charge in [-0.1, -0.05) is 109 Å². The van der Waals surface area contributed by atoms with E-state index in [-0.39, 0.29) is 0 Å². The summed E-state index contributed by atoms with van der Waals surface area (Å²) in [6.07, 6.45) is 18.3. The van der Waals surface area contributed by atoms with Crippen LogP contribution in [0.15, 0.2) is 36.5 Å². The van der Waals surface area contributed by atoms with Gasteiger partial charge in [-0.3, -0.25) is 0 Å². The third kappa shape index (κ3) is 14.5. The van der Waals surface area contributed by atoms with Crippen molar-refractivity contribution in [2.75, 3.05) is 13.1 Å². The Morgan fingerprint density at radius 1 is 0.667 bits per heavy atom. The van der Waals surface area contributed by atoms with E-state index in [1.807, 2.05) is 0 Å². The molecular formula is C26H45N. The van der Waals surface area contributed by atoms with Crippen molar-refractivity contribution in [1.82, 2.24) is 4.90 Å². The first kappa shape index (κ1) is 23.8. The van der Waals surface area contributed by atoms with Crippen molar-refractivity contribution in [2.45, 2.75) is 91.9 Å². The SMILES string of the molecule is CC(C)CCCCCCN(C=Cc1ccccc1)CCCCCCC(C)C. The van der Waals surface area contributed by atoms with E-state index in [0.29, 0.717) is 0 Å². The van der Waals surface area contributed by atoms with Crippen molar-refractivity contribution in [3.8, 4) is 0 Å². The molecule has 0 aromatic heterocycles. The number of hydrogen-bond acceptors (Lipinski definition) is 1. The van der Waals surface area contributed by atoms with Crippen LogP contribution in [0.5, 0.6) is 0 Å². The van der Waals surface area contributed by atoms with Gasteiger partial charge in [0.2, 0.25) is 0 Å². The molecule has 0 spiro atoms. The normalized spacial score (nSPS) is 11.8. The smallest absolute Gasteiger partial charge is 0.0172 e. The highest BCUT2D eigenvalue weighted by molar-refractivity contribution is 5.48. The number of benzene rings is 1. The van der Waals surface area contributed by atoms with Crippen molar-refractivity contribution in [3.63, 3.8) is 0 Å². The summed E-state index contributed by atoms with van der Waals surface area (Å²) in [7, 11) is 0. The summed E-state index contributed by atoms with van der Waals surface area (Å²) in [6, 6.07) is 10.7. The van der Waals surface area contributed by atoms with Crippen molar-refractivity contribution in [3.05, 3.63) is 42.1 Å². The third-order valence-corrected chi connectivity index (χ3v) is 5.23. The standard InChI is InChI=1S/C26H45N/c1-24(2)16-10-5-7-14-21-27(22-15-8-6-11-17-25(3)4)23-20-26-18-12-9-13-19-26/h9,12-13,18-20,23-25H,5-8,10-11,14-17,21-22H2,1-4H3. The molecule has 1 aromatic rings. The number of rotatable bonds is 16. The molecule has 0 atom stereocenters. The maximum Gasteiger partial charge on any atom is 0.0172 e. The highest BCUT2D eigenvalue weighted by atomic mass is 15.1. The molecule has 0 saturated carbocycles. The largest absolute Gasteiger partial charge is 0.377 e. The summed E-state index contributed by atoms with van der Waals surface area (Å²) < 4.78 is 0. The highest BCUT2D eigenvalue weighted by Gasteiger charge is 2.01. The summed E-state index contributed by atoms with van der Waals surface area (Å²) in [4.78, 5) is 2.55. The fourth-order valence-corrected chi connectivity index (χ4v) is 3.46.